The molecule has 0 amide bonds. The Labute approximate surface area is 132 Å². The van der Waals surface area contributed by atoms with E-state index in [1.807, 2.05) is 0 Å². The number of rotatable bonds is 4. The fraction of sp³-hybridized carbons (Fsp3) is 0.111. The van der Waals surface area contributed by atoms with Gasteiger partial charge in [-0.3, -0.25) is 4.79 Å². The van der Waals surface area contributed by atoms with E-state index >= 15 is 0 Å². The van der Waals surface area contributed by atoms with Crippen molar-refractivity contribution in [2.45, 2.75) is 0 Å². The molecule has 5 nitrogen and oxygen atoms in total. The van der Waals surface area contributed by atoms with Crippen molar-refractivity contribution >= 4 is 16.8 Å². The van der Waals surface area contributed by atoms with Crippen molar-refractivity contribution in [3.63, 3.8) is 0 Å². The molecule has 0 fully saturated rings. The van der Waals surface area contributed by atoms with E-state index in [0.717, 1.165) is 0 Å². The van der Waals surface area contributed by atoms with Gasteiger partial charge in [-0.05, 0) is 42.5 Å². The Morgan fingerprint density at radius 3 is 2.39 bits per heavy atom. The molecule has 0 atom stereocenters. The first-order valence-corrected chi connectivity index (χ1v) is 6.93. The summed E-state index contributed by atoms with van der Waals surface area (Å²) in [5.41, 5.74) is 0.0479. The SMILES string of the molecule is COc1ccc(C(=O)c2cc3c(OC)cccc3oc2=O)cc1. The lowest BCUT2D eigenvalue weighted by Gasteiger charge is -2.06. The quantitative estimate of drug-likeness (QED) is 0.547. The van der Waals surface area contributed by atoms with E-state index in [-0.39, 0.29) is 5.56 Å². The fourth-order valence-corrected chi connectivity index (χ4v) is 2.35. The lowest BCUT2D eigenvalue weighted by molar-refractivity contribution is 0.103. The number of ketones is 1. The molecule has 0 spiro atoms. The van der Waals surface area contributed by atoms with E-state index in [4.69, 9.17) is 13.9 Å². The highest BCUT2D eigenvalue weighted by Crippen LogP contribution is 2.25. The van der Waals surface area contributed by atoms with E-state index < -0.39 is 11.4 Å². The highest BCUT2D eigenvalue weighted by Gasteiger charge is 2.17. The molecular formula is C18H14O5. The van der Waals surface area contributed by atoms with Gasteiger partial charge in [-0.2, -0.15) is 0 Å². The largest absolute Gasteiger partial charge is 0.497 e. The van der Waals surface area contributed by atoms with E-state index in [2.05, 4.69) is 0 Å². The van der Waals surface area contributed by atoms with E-state index in [1.54, 1.807) is 49.6 Å². The first-order chi connectivity index (χ1) is 11.1. The average Bonchev–Trinajstić information content (AvgIpc) is 2.60. The topological polar surface area (TPSA) is 65.7 Å². The third-order valence-corrected chi connectivity index (χ3v) is 3.55. The maximum atomic E-state index is 12.6. The Balaban J connectivity index is 2.12. The van der Waals surface area contributed by atoms with Crippen LogP contribution < -0.4 is 15.1 Å². The van der Waals surface area contributed by atoms with Crippen LogP contribution in [0.2, 0.25) is 0 Å². The lowest BCUT2D eigenvalue weighted by Crippen LogP contribution is -2.14. The molecule has 3 aromatic rings. The van der Waals surface area contributed by atoms with Gasteiger partial charge in [-0.25, -0.2) is 4.79 Å². The number of hydrogen-bond donors (Lipinski definition) is 0. The van der Waals surface area contributed by atoms with Crippen LogP contribution in [0.3, 0.4) is 0 Å². The van der Waals surface area contributed by atoms with Crippen LogP contribution >= 0.6 is 0 Å². The number of hydrogen-bond acceptors (Lipinski definition) is 5. The van der Waals surface area contributed by atoms with Gasteiger partial charge >= 0.3 is 5.63 Å². The summed E-state index contributed by atoms with van der Waals surface area (Å²) >= 11 is 0. The van der Waals surface area contributed by atoms with Crippen LogP contribution in [0.1, 0.15) is 15.9 Å². The molecule has 0 aliphatic rings. The summed E-state index contributed by atoms with van der Waals surface area (Å²) in [6.07, 6.45) is 0. The lowest BCUT2D eigenvalue weighted by atomic mass is 10.0. The molecule has 0 bridgehead atoms. The molecular weight excluding hydrogens is 296 g/mol. The number of benzene rings is 2. The Morgan fingerprint density at radius 2 is 1.74 bits per heavy atom. The summed E-state index contributed by atoms with van der Waals surface area (Å²) in [5.74, 6) is 0.762. The molecule has 1 aromatic heterocycles. The van der Waals surface area contributed by atoms with E-state index in [1.165, 1.54) is 13.2 Å². The van der Waals surface area contributed by atoms with Crippen LogP contribution in [-0.4, -0.2) is 20.0 Å². The molecule has 5 heteroatoms. The number of carbonyl (C=O) groups is 1. The molecule has 2 aromatic carbocycles. The highest BCUT2D eigenvalue weighted by molar-refractivity contribution is 6.10. The van der Waals surface area contributed by atoms with Crippen LogP contribution in [0.25, 0.3) is 11.0 Å². The zero-order valence-corrected chi connectivity index (χ0v) is 12.7. The average molecular weight is 310 g/mol. The van der Waals surface area contributed by atoms with Gasteiger partial charge in [-0.15, -0.1) is 0 Å². The van der Waals surface area contributed by atoms with Gasteiger partial charge in [0.1, 0.15) is 22.6 Å². The zero-order valence-electron chi connectivity index (χ0n) is 12.7. The van der Waals surface area contributed by atoms with Gasteiger partial charge in [0, 0.05) is 5.56 Å². The smallest absolute Gasteiger partial charge is 0.347 e. The first-order valence-electron chi connectivity index (χ1n) is 6.93. The van der Waals surface area contributed by atoms with Gasteiger partial charge in [-0.1, -0.05) is 6.07 Å². The van der Waals surface area contributed by atoms with E-state index in [9.17, 15) is 9.59 Å². The molecule has 1 heterocycles. The van der Waals surface area contributed by atoms with Crippen LogP contribution in [0.4, 0.5) is 0 Å². The van der Waals surface area contributed by atoms with Crippen molar-refractivity contribution in [1.29, 1.82) is 0 Å². The third kappa shape index (κ3) is 2.68. The van der Waals surface area contributed by atoms with Crippen molar-refractivity contribution in [2.24, 2.45) is 0 Å². The van der Waals surface area contributed by atoms with Gasteiger partial charge in [0.15, 0.2) is 5.78 Å². The molecule has 0 aliphatic heterocycles. The third-order valence-electron chi connectivity index (χ3n) is 3.55. The molecule has 0 aliphatic carbocycles. The van der Waals surface area contributed by atoms with Gasteiger partial charge in [0.25, 0.3) is 0 Å². The number of ether oxygens (including phenoxy) is 2. The summed E-state index contributed by atoms with van der Waals surface area (Å²) in [7, 11) is 3.06. The van der Waals surface area contributed by atoms with Crippen molar-refractivity contribution in [3.8, 4) is 11.5 Å². The Bertz CT molecular complexity index is 922. The number of carbonyl (C=O) groups excluding carboxylic acids is 1. The van der Waals surface area contributed by atoms with E-state index in [0.29, 0.717) is 28.0 Å². The Hall–Kier alpha value is -3.08. The normalized spacial score (nSPS) is 10.5. The molecule has 0 unspecified atom stereocenters. The van der Waals surface area contributed by atoms with Crippen LogP contribution in [-0.2, 0) is 0 Å². The summed E-state index contributed by atoms with van der Waals surface area (Å²) in [6, 6.07) is 13.2. The molecule has 116 valence electrons. The number of methoxy groups -OCH3 is 2. The minimum absolute atomic E-state index is 0.0350. The van der Waals surface area contributed by atoms with Crippen molar-refractivity contribution in [1.82, 2.24) is 0 Å². The minimum Gasteiger partial charge on any atom is -0.497 e. The molecule has 0 saturated heterocycles. The van der Waals surface area contributed by atoms with Crippen molar-refractivity contribution in [3.05, 3.63) is 70.1 Å². The Morgan fingerprint density at radius 1 is 1.00 bits per heavy atom. The second-order valence-corrected chi connectivity index (χ2v) is 4.88. The van der Waals surface area contributed by atoms with Gasteiger partial charge < -0.3 is 13.9 Å². The van der Waals surface area contributed by atoms with Crippen molar-refractivity contribution in [2.75, 3.05) is 14.2 Å². The molecule has 0 radical (unpaired) electrons. The van der Waals surface area contributed by atoms with Crippen LogP contribution in [0.15, 0.2) is 57.7 Å². The highest BCUT2D eigenvalue weighted by atomic mass is 16.5. The van der Waals surface area contributed by atoms with Crippen LogP contribution in [0, 0.1) is 0 Å². The monoisotopic (exact) mass is 310 g/mol. The number of fused-ring (bicyclic) bond motifs is 1. The van der Waals surface area contributed by atoms with Gasteiger partial charge in [0.2, 0.25) is 0 Å². The molecule has 3 rings (SSSR count). The summed E-state index contributed by atoms with van der Waals surface area (Å²) < 4.78 is 15.5. The van der Waals surface area contributed by atoms with Crippen LogP contribution in [0.5, 0.6) is 11.5 Å². The maximum Gasteiger partial charge on any atom is 0.347 e. The van der Waals surface area contributed by atoms with Crippen molar-refractivity contribution < 1.29 is 18.7 Å². The minimum atomic E-state index is -0.674. The standard InChI is InChI=1S/C18H14O5/c1-21-12-8-6-11(7-9-12)17(19)14-10-13-15(22-2)4-3-5-16(13)23-18(14)20/h3-10H,1-2H3. The maximum absolute atomic E-state index is 12.6. The van der Waals surface area contributed by atoms with Gasteiger partial charge in [0.05, 0.1) is 19.6 Å². The Kier molecular flexibility index (Phi) is 3.85. The predicted molar refractivity (Wildman–Crippen MR) is 85.5 cm³/mol. The molecule has 0 saturated carbocycles. The first kappa shape index (κ1) is 14.8. The fourth-order valence-electron chi connectivity index (χ4n) is 2.35. The second-order valence-electron chi connectivity index (χ2n) is 4.88. The predicted octanol–water partition coefficient (Wildman–Crippen LogP) is 3.04. The summed E-state index contributed by atoms with van der Waals surface area (Å²) in [5, 5.41) is 0.575. The summed E-state index contributed by atoms with van der Waals surface area (Å²) in [4.78, 5) is 24.7. The second kappa shape index (κ2) is 5.96. The zero-order chi connectivity index (χ0) is 16.4. The molecule has 0 N–H and O–H groups in total. The summed E-state index contributed by atoms with van der Waals surface area (Å²) in [6.45, 7) is 0. The molecule has 23 heavy (non-hydrogen) atoms.